The third-order valence-corrected chi connectivity index (χ3v) is 6.59. The fourth-order valence-electron chi connectivity index (χ4n) is 3.13. The van der Waals surface area contributed by atoms with E-state index in [0.29, 0.717) is 38.4 Å². The summed E-state index contributed by atoms with van der Waals surface area (Å²) in [4.78, 5) is 19.1. The zero-order valence-electron chi connectivity index (χ0n) is 16.7. The molecule has 1 aromatic heterocycles. The van der Waals surface area contributed by atoms with Crippen LogP contribution in [-0.2, 0) is 21.3 Å². The topological polar surface area (TPSA) is 96.8 Å². The lowest BCUT2D eigenvalue weighted by atomic mass is 10.1. The molecular weight excluding hydrogens is 394 g/mol. The first-order chi connectivity index (χ1) is 13.9. The van der Waals surface area contributed by atoms with Crippen molar-refractivity contribution in [2.24, 2.45) is 0 Å². The Balaban J connectivity index is 1.79. The molecule has 29 heavy (non-hydrogen) atoms. The molecule has 1 saturated heterocycles. The number of carbonyl (C=O) groups is 1. The number of rotatable bonds is 8. The molecule has 0 unspecified atom stereocenters. The van der Waals surface area contributed by atoms with Crippen LogP contribution in [0.3, 0.4) is 0 Å². The number of sulfonamides is 1. The number of anilines is 1. The molecule has 0 bridgehead atoms. The summed E-state index contributed by atoms with van der Waals surface area (Å²) >= 11 is 0. The molecular formula is C19H27N5O4S. The van der Waals surface area contributed by atoms with Crippen molar-refractivity contribution in [3.8, 4) is 0 Å². The summed E-state index contributed by atoms with van der Waals surface area (Å²) in [6, 6.07) is 4.73. The van der Waals surface area contributed by atoms with E-state index in [0.717, 1.165) is 23.0 Å². The molecule has 2 heterocycles. The van der Waals surface area contributed by atoms with E-state index in [4.69, 9.17) is 4.74 Å². The van der Waals surface area contributed by atoms with Gasteiger partial charge in [0.15, 0.2) is 0 Å². The number of amides is 1. The molecule has 1 N–H and O–H groups in total. The Labute approximate surface area is 171 Å². The van der Waals surface area contributed by atoms with E-state index in [2.05, 4.69) is 15.2 Å². The van der Waals surface area contributed by atoms with Crippen molar-refractivity contribution < 1.29 is 17.9 Å². The van der Waals surface area contributed by atoms with E-state index in [1.807, 2.05) is 10.8 Å². The maximum atomic E-state index is 12.9. The Bertz CT molecular complexity index is 922. The minimum absolute atomic E-state index is 0.100. The molecule has 0 spiro atoms. The average molecular weight is 422 g/mol. The monoisotopic (exact) mass is 421 g/mol. The summed E-state index contributed by atoms with van der Waals surface area (Å²) < 4.78 is 33.6. The maximum absolute atomic E-state index is 12.9. The molecule has 0 atom stereocenters. The first-order valence-corrected chi connectivity index (χ1v) is 11.0. The van der Waals surface area contributed by atoms with Crippen LogP contribution in [0.2, 0.25) is 0 Å². The summed E-state index contributed by atoms with van der Waals surface area (Å²) in [5.41, 5.74) is 1.08. The number of morpholine rings is 1. The van der Waals surface area contributed by atoms with Crippen LogP contribution in [0.5, 0.6) is 0 Å². The third kappa shape index (κ3) is 5.14. The summed E-state index contributed by atoms with van der Waals surface area (Å²) in [7, 11) is -0.689. The molecule has 0 radical (unpaired) electrons. The van der Waals surface area contributed by atoms with E-state index in [-0.39, 0.29) is 10.8 Å². The molecule has 9 nitrogen and oxygen atoms in total. The molecule has 2 aromatic rings. The van der Waals surface area contributed by atoms with Gasteiger partial charge in [-0.25, -0.2) is 17.7 Å². The van der Waals surface area contributed by atoms with Gasteiger partial charge in [0.1, 0.15) is 0 Å². The molecule has 1 aromatic carbocycles. The second-order valence-electron chi connectivity index (χ2n) is 6.98. The summed E-state index contributed by atoms with van der Waals surface area (Å²) in [5, 5.41) is 2.91. The number of carbonyl (C=O) groups excluding carboxylic acids is 1. The number of imidazole rings is 1. The highest BCUT2D eigenvalue weighted by molar-refractivity contribution is 7.89. The van der Waals surface area contributed by atoms with Crippen LogP contribution in [0.15, 0.2) is 41.8 Å². The lowest BCUT2D eigenvalue weighted by molar-refractivity contribution is 0.0951. The quantitative estimate of drug-likeness (QED) is 0.633. The average Bonchev–Trinajstić information content (AvgIpc) is 3.24. The second kappa shape index (κ2) is 9.38. The van der Waals surface area contributed by atoms with Gasteiger partial charge in [-0.1, -0.05) is 0 Å². The van der Waals surface area contributed by atoms with Crippen molar-refractivity contribution >= 4 is 21.6 Å². The molecule has 0 aliphatic carbocycles. The van der Waals surface area contributed by atoms with Gasteiger partial charge in [-0.05, 0) is 24.6 Å². The number of nitrogens with one attached hydrogen (secondary N) is 1. The van der Waals surface area contributed by atoms with E-state index in [9.17, 15) is 13.2 Å². The summed E-state index contributed by atoms with van der Waals surface area (Å²) in [5.74, 6) is -0.284. The van der Waals surface area contributed by atoms with Gasteiger partial charge in [0, 0.05) is 58.4 Å². The van der Waals surface area contributed by atoms with Gasteiger partial charge < -0.3 is 19.5 Å². The Hall–Kier alpha value is -2.43. The zero-order valence-corrected chi connectivity index (χ0v) is 17.6. The van der Waals surface area contributed by atoms with Gasteiger partial charge in [-0.15, -0.1) is 0 Å². The fourth-order valence-corrected chi connectivity index (χ4v) is 4.05. The van der Waals surface area contributed by atoms with Gasteiger partial charge in [0.2, 0.25) is 10.0 Å². The number of hydrogen-bond donors (Lipinski definition) is 1. The van der Waals surface area contributed by atoms with E-state index in [1.54, 1.807) is 24.7 Å². The highest BCUT2D eigenvalue weighted by atomic mass is 32.2. The van der Waals surface area contributed by atoms with E-state index in [1.165, 1.54) is 20.2 Å². The van der Waals surface area contributed by atoms with Crippen molar-refractivity contribution in [3.63, 3.8) is 0 Å². The van der Waals surface area contributed by atoms with Crippen LogP contribution in [0.4, 0.5) is 5.69 Å². The number of aromatic nitrogens is 2. The van der Waals surface area contributed by atoms with E-state index >= 15 is 0 Å². The van der Waals surface area contributed by atoms with Gasteiger partial charge in [0.25, 0.3) is 5.91 Å². The zero-order chi connectivity index (χ0) is 20.9. The van der Waals surface area contributed by atoms with Crippen LogP contribution in [0.25, 0.3) is 0 Å². The van der Waals surface area contributed by atoms with Gasteiger partial charge in [0.05, 0.1) is 30.0 Å². The van der Waals surface area contributed by atoms with Crippen molar-refractivity contribution in [3.05, 3.63) is 42.5 Å². The molecule has 10 heteroatoms. The SMILES string of the molecule is CN(C)S(=O)(=O)c1ccc(N2CCOCC2)c(C(=O)NCCCn2ccnc2)c1. The molecule has 3 rings (SSSR count). The molecule has 1 fully saturated rings. The lowest BCUT2D eigenvalue weighted by Crippen LogP contribution is -2.38. The number of ether oxygens (including phenoxy) is 1. The highest BCUT2D eigenvalue weighted by Gasteiger charge is 2.24. The van der Waals surface area contributed by atoms with Crippen molar-refractivity contribution in [1.29, 1.82) is 0 Å². The second-order valence-corrected chi connectivity index (χ2v) is 9.13. The van der Waals surface area contributed by atoms with Crippen LogP contribution in [0.1, 0.15) is 16.8 Å². The Kier molecular flexibility index (Phi) is 6.88. The molecule has 158 valence electrons. The predicted molar refractivity (Wildman–Crippen MR) is 110 cm³/mol. The molecule has 1 aliphatic heterocycles. The van der Waals surface area contributed by atoms with Crippen LogP contribution in [-0.4, -0.2) is 75.1 Å². The summed E-state index contributed by atoms with van der Waals surface area (Å²) in [6.07, 6.45) is 6.05. The number of aryl methyl sites for hydroxylation is 1. The third-order valence-electron chi connectivity index (χ3n) is 4.78. The number of nitrogens with zero attached hydrogens (tertiary/aromatic N) is 4. The Morgan fingerprint density at radius 1 is 1.28 bits per heavy atom. The first-order valence-electron chi connectivity index (χ1n) is 9.53. The Morgan fingerprint density at radius 2 is 2.03 bits per heavy atom. The fraction of sp³-hybridized carbons (Fsp3) is 0.474. The summed E-state index contributed by atoms with van der Waals surface area (Å²) in [6.45, 7) is 3.67. The largest absolute Gasteiger partial charge is 0.378 e. The number of hydrogen-bond acceptors (Lipinski definition) is 6. The minimum atomic E-state index is -3.64. The van der Waals surface area contributed by atoms with Gasteiger partial charge in [-0.3, -0.25) is 4.79 Å². The van der Waals surface area contributed by atoms with E-state index < -0.39 is 10.0 Å². The van der Waals surface area contributed by atoms with Gasteiger partial charge >= 0.3 is 0 Å². The first kappa shape index (κ1) is 21.3. The maximum Gasteiger partial charge on any atom is 0.253 e. The molecule has 0 saturated carbocycles. The lowest BCUT2D eigenvalue weighted by Gasteiger charge is -2.30. The standard InChI is InChI=1S/C19H27N5O4S/c1-22(2)29(26,27)16-4-5-18(24-10-12-28-13-11-24)17(14-16)19(25)21-6-3-8-23-9-7-20-15-23/h4-5,7,9,14-15H,3,6,8,10-13H2,1-2H3,(H,21,25). The van der Waals surface area contributed by atoms with Crippen molar-refractivity contribution in [1.82, 2.24) is 19.2 Å². The van der Waals surface area contributed by atoms with Crippen LogP contribution in [0, 0.1) is 0 Å². The Morgan fingerprint density at radius 3 is 2.69 bits per heavy atom. The smallest absolute Gasteiger partial charge is 0.253 e. The molecule has 1 aliphatic rings. The van der Waals surface area contributed by atoms with Crippen molar-refractivity contribution in [2.75, 3.05) is 51.8 Å². The van der Waals surface area contributed by atoms with Gasteiger partial charge in [-0.2, -0.15) is 0 Å². The predicted octanol–water partition coefficient (Wildman–Crippen LogP) is 0.790. The normalized spacial score (nSPS) is 14.9. The molecule has 1 amide bonds. The number of benzene rings is 1. The van der Waals surface area contributed by atoms with Crippen molar-refractivity contribution in [2.45, 2.75) is 17.9 Å². The highest BCUT2D eigenvalue weighted by Crippen LogP contribution is 2.26. The van der Waals surface area contributed by atoms with Crippen LogP contribution < -0.4 is 10.2 Å². The minimum Gasteiger partial charge on any atom is -0.378 e. The van der Waals surface area contributed by atoms with Crippen LogP contribution >= 0.6 is 0 Å².